The van der Waals surface area contributed by atoms with Crippen LogP contribution in [0.2, 0.25) is 0 Å². The number of alkyl halides is 3. The van der Waals surface area contributed by atoms with E-state index in [9.17, 15) is 27.2 Å². The van der Waals surface area contributed by atoms with E-state index in [2.05, 4.69) is 5.32 Å². The number of benzene rings is 2. The molecule has 0 spiro atoms. The number of anilines is 2. The molecule has 2 aromatic rings. The van der Waals surface area contributed by atoms with E-state index in [0.717, 1.165) is 6.08 Å². The Bertz CT molecular complexity index is 816. The van der Waals surface area contributed by atoms with Crippen molar-refractivity contribution in [3.05, 3.63) is 66.0 Å². The Morgan fingerprint density at radius 1 is 0.880 bits per heavy atom. The van der Waals surface area contributed by atoms with Gasteiger partial charge in [-0.25, -0.2) is 4.39 Å². The summed E-state index contributed by atoms with van der Waals surface area (Å²) < 4.78 is 50.4. The minimum atomic E-state index is -5.05. The standard InChI is InChI=1S/C17H12F4N2O2/c18-12-6-2-1-5-11(12)9-10-15(24)22-13-7-3-4-8-14(13)23-16(25)17(19,20)21/h1-10H,(H,22,24)(H,23,25)/b10-9+. The van der Waals surface area contributed by atoms with Gasteiger partial charge in [0.15, 0.2) is 0 Å². The fourth-order valence-electron chi connectivity index (χ4n) is 1.84. The number of hydrogen-bond donors (Lipinski definition) is 2. The summed E-state index contributed by atoms with van der Waals surface area (Å²) in [6.07, 6.45) is -2.80. The number of nitrogens with one attached hydrogen (secondary N) is 2. The van der Waals surface area contributed by atoms with Crippen LogP contribution >= 0.6 is 0 Å². The Hall–Kier alpha value is -3.16. The Morgan fingerprint density at radius 2 is 1.44 bits per heavy atom. The second-order valence-corrected chi connectivity index (χ2v) is 4.84. The Balaban J connectivity index is 2.11. The molecule has 0 aromatic heterocycles. The first kappa shape index (κ1) is 18.2. The van der Waals surface area contributed by atoms with Crippen LogP contribution in [0.1, 0.15) is 5.56 Å². The maximum Gasteiger partial charge on any atom is 0.471 e. The first-order valence-corrected chi connectivity index (χ1v) is 6.98. The number of rotatable bonds is 4. The molecule has 2 N–H and O–H groups in total. The van der Waals surface area contributed by atoms with Gasteiger partial charge in [0, 0.05) is 11.6 Å². The maximum absolute atomic E-state index is 13.4. The van der Waals surface area contributed by atoms with Crippen molar-refractivity contribution in [1.29, 1.82) is 0 Å². The molecule has 130 valence electrons. The smallest absolute Gasteiger partial charge is 0.321 e. The van der Waals surface area contributed by atoms with Crippen molar-refractivity contribution in [3.8, 4) is 0 Å². The highest BCUT2D eigenvalue weighted by Crippen LogP contribution is 2.24. The zero-order chi connectivity index (χ0) is 18.4. The summed E-state index contributed by atoms with van der Waals surface area (Å²) in [7, 11) is 0. The quantitative estimate of drug-likeness (QED) is 0.646. The molecule has 0 bridgehead atoms. The maximum atomic E-state index is 13.4. The lowest BCUT2D eigenvalue weighted by Gasteiger charge is -2.12. The molecular formula is C17H12F4N2O2. The monoisotopic (exact) mass is 352 g/mol. The topological polar surface area (TPSA) is 58.2 Å². The Kier molecular flexibility index (Phi) is 5.53. The van der Waals surface area contributed by atoms with E-state index < -0.39 is 23.8 Å². The molecule has 0 unspecified atom stereocenters. The highest BCUT2D eigenvalue weighted by molar-refractivity contribution is 6.06. The summed E-state index contributed by atoms with van der Waals surface area (Å²) in [6.45, 7) is 0. The molecule has 25 heavy (non-hydrogen) atoms. The Morgan fingerprint density at radius 3 is 2.04 bits per heavy atom. The second-order valence-electron chi connectivity index (χ2n) is 4.84. The van der Waals surface area contributed by atoms with Crippen LogP contribution in [0.4, 0.5) is 28.9 Å². The average Bonchev–Trinajstić information content (AvgIpc) is 2.55. The minimum Gasteiger partial charge on any atom is -0.321 e. The largest absolute Gasteiger partial charge is 0.471 e. The number of amides is 2. The molecule has 0 heterocycles. The van der Waals surface area contributed by atoms with Gasteiger partial charge in [-0.1, -0.05) is 30.3 Å². The summed E-state index contributed by atoms with van der Waals surface area (Å²) in [6, 6.07) is 11.2. The average molecular weight is 352 g/mol. The van der Waals surface area contributed by atoms with E-state index >= 15 is 0 Å². The first-order valence-electron chi connectivity index (χ1n) is 6.98. The summed E-state index contributed by atoms with van der Waals surface area (Å²) in [5.74, 6) is -3.38. The van der Waals surface area contributed by atoms with Crippen molar-refractivity contribution in [3.63, 3.8) is 0 Å². The summed E-state index contributed by atoms with van der Waals surface area (Å²) in [5, 5.41) is 4.00. The fourth-order valence-corrected chi connectivity index (χ4v) is 1.84. The van der Waals surface area contributed by atoms with E-state index in [0.29, 0.717) is 0 Å². The van der Waals surface area contributed by atoms with Gasteiger partial charge in [-0.2, -0.15) is 13.2 Å². The zero-order valence-corrected chi connectivity index (χ0v) is 12.6. The van der Waals surface area contributed by atoms with Crippen LogP contribution in [0.15, 0.2) is 54.6 Å². The molecule has 0 aliphatic rings. The summed E-state index contributed by atoms with van der Waals surface area (Å²) in [5.41, 5.74) is -0.0583. The van der Waals surface area contributed by atoms with E-state index in [1.807, 2.05) is 0 Å². The third-order valence-electron chi connectivity index (χ3n) is 3.01. The van der Waals surface area contributed by atoms with Crippen LogP contribution in [0, 0.1) is 5.82 Å². The molecule has 2 amide bonds. The third kappa shape index (κ3) is 5.17. The number of halogens is 4. The summed E-state index contributed by atoms with van der Waals surface area (Å²) >= 11 is 0. The molecule has 0 aliphatic carbocycles. The predicted octanol–water partition coefficient (Wildman–Crippen LogP) is 3.98. The summed E-state index contributed by atoms with van der Waals surface area (Å²) in [4.78, 5) is 22.9. The molecule has 0 atom stereocenters. The van der Waals surface area contributed by atoms with Gasteiger partial charge in [0.05, 0.1) is 11.4 Å². The van der Waals surface area contributed by atoms with Crippen LogP contribution in [0.25, 0.3) is 6.08 Å². The van der Waals surface area contributed by atoms with E-state index in [1.165, 1.54) is 48.5 Å². The van der Waals surface area contributed by atoms with Gasteiger partial charge < -0.3 is 10.6 Å². The number of hydrogen-bond acceptors (Lipinski definition) is 2. The zero-order valence-electron chi connectivity index (χ0n) is 12.6. The molecule has 0 radical (unpaired) electrons. The van der Waals surface area contributed by atoms with Crippen molar-refractivity contribution in [2.45, 2.75) is 6.18 Å². The lowest BCUT2D eigenvalue weighted by molar-refractivity contribution is -0.167. The molecule has 0 saturated heterocycles. The van der Waals surface area contributed by atoms with Crippen molar-refractivity contribution in [1.82, 2.24) is 0 Å². The van der Waals surface area contributed by atoms with Crippen molar-refractivity contribution < 1.29 is 27.2 Å². The lowest BCUT2D eigenvalue weighted by atomic mass is 10.2. The van der Waals surface area contributed by atoms with Crippen molar-refractivity contribution in [2.24, 2.45) is 0 Å². The first-order chi connectivity index (χ1) is 11.8. The SMILES string of the molecule is O=C(/C=C/c1ccccc1F)Nc1ccccc1NC(=O)C(F)(F)F. The van der Waals surface area contributed by atoms with Crippen LogP contribution in [0.3, 0.4) is 0 Å². The molecule has 2 aromatic carbocycles. The van der Waals surface area contributed by atoms with Gasteiger partial charge in [-0.3, -0.25) is 9.59 Å². The van der Waals surface area contributed by atoms with E-state index in [1.54, 1.807) is 11.4 Å². The number of carbonyl (C=O) groups is 2. The number of para-hydroxylation sites is 2. The highest BCUT2D eigenvalue weighted by Gasteiger charge is 2.38. The van der Waals surface area contributed by atoms with Crippen LogP contribution in [-0.2, 0) is 9.59 Å². The number of carbonyl (C=O) groups excluding carboxylic acids is 2. The molecule has 4 nitrogen and oxygen atoms in total. The predicted molar refractivity (Wildman–Crippen MR) is 85.2 cm³/mol. The van der Waals surface area contributed by atoms with Gasteiger partial charge in [0.2, 0.25) is 5.91 Å². The fraction of sp³-hybridized carbons (Fsp3) is 0.0588. The van der Waals surface area contributed by atoms with Gasteiger partial charge in [-0.05, 0) is 24.3 Å². The van der Waals surface area contributed by atoms with E-state index in [4.69, 9.17) is 0 Å². The van der Waals surface area contributed by atoms with Crippen LogP contribution < -0.4 is 10.6 Å². The molecule has 8 heteroatoms. The Labute approximate surface area is 140 Å². The lowest BCUT2D eigenvalue weighted by Crippen LogP contribution is -2.30. The van der Waals surface area contributed by atoms with Gasteiger partial charge in [-0.15, -0.1) is 0 Å². The molecule has 0 fully saturated rings. The minimum absolute atomic E-state index is 0.0247. The van der Waals surface area contributed by atoms with Crippen LogP contribution in [0.5, 0.6) is 0 Å². The second kappa shape index (κ2) is 7.61. The third-order valence-corrected chi connectivity index (χ3v) is 3.01. The normalized spacial score (nSPS) is 11.4. The van der Waals surface area contributed by atoms with Crippen molar-refractivity contribution in [2.75, 3.05) is 10.6 Å². The van der Waals surface area contributed by atoms with Gasteiger partial charge >= 0.3 is 12.1 Å². The van der Waals surface area contributed by atoms with Gasteiger partial charge in [0.1, 0.15) is 5.82 Å². The van der Waals surface area contributed by atoms with Gasteiger partial charge in [0.25, 0.3) is 0 Å². The molecule has 0 aliphatic heterocycles. The molecule has 2 rings (SSSR count). The molecule has 0 saturated carbocycles. The van der Waals surface area contributed by atoms with Crippen molar-refractivity contribution >= 4 is 29.3 Å². The van der Waals surface area contributed by atoms with Crippen LogP contribution in [-0.4, -0.2) is 18.0 Å². The van der Waals surface area contributed by atoms with E-state index in [-0.39, 0.29) is 16.9 Å². The molecular weight excluding hydrogens is 340 g/mol. The highest BCUT2D eigenvalue weighted by atomic mass is 19.4.